The number of anilines is 1. The van der Waals surface area contributed by atoms with Gasteiger partial charge in [-0.3, -0.25) is 9.36 Å². The van der Waals surface area contributed by atoms with Crippen LogP contribution >= 0.6 is 0 Å². The SMILES string of the molecule is NC(=O)Cn1ccc(N)nc1=O. The maximum absolute atomic E-state index is 10.9. The lowest BCUT2D eigenvalue weighted by Crippen LogP contribution is -2.29. The standard InChI is InChI=1S/C6H8N4O2/c7-4-1-2-10(3-5(8)11)6(12)9-4/h1-2H,3H2,(H2,8,11)(H2,7,9,12). The minimum absolute atomic E-state index is 0.126. The van der Waals surface area contributed by atoms with E-state index in [0.29, 0.717) is 0 Å². The summed E-state index contributed by atoms with van der Waals surface area (Å²) in [7, 11) is 0. The van der Waals surface area contributed by atoms with Crippen LogP contribution in [0.5, 0.6) is 0 Å². The molecule has 12 heavy (non-hydrogen) atoms. The van der Waals surface area contributed by atoms with Crippen LogP contribution in [-0.2, 0) is 11.3 Å². The Morgan fingerprint density at radius 3 is 2.83 bits per heavy atom. The summed E-state index contributed by atoms with van der Waals surface area (Å²) in [6.45, 7) is -0.174. The molecule has 0 aromatic carbocycles. The summed E-state index contributed by atoms with van der Waals surface area (Å²) in [5, 5.41) is 0. The van der Waals surface area contributed by atoms with Gasteiger partial charge >= 0.3 is 5.69 Å². The maximum atomic E-state index is 10.9. The molecule has 0 bridgehead atoms. The van der Waals surface area contributed by atoms with E-state index in [9.17, 15) is 9.59 Å². The second-order valence-corrected chi connectivity index (χ2v) is 2.23. The van der Waals surface area contributed by atoms with Crippen molar-refractivity contribution >= 4 is 11.7 Å². The van der Waals surface area contributed by atoms with Crippen molar-refractivity contribution in [2.75, 3.05) is 5.73 Å². The molecule has 1 aromatic heterocycles. The van der Waals surface area contributed by atoms with Crippen molar-refractivity contribution in [1.29, 1.82) is 0 Å². The van der Waals surface area contributed by atoms with Crippen molar-refractivity contribution in [3.8, 4) is 0 Å². The van der Waals surface area contributed by atoms with Gasteiger partial charge in [0, 0.05) is 6.20 Å². The highest BCUT2D eigenvalue weighted by molar-refractivity contribution is 5.73. The lowest BCUT2D eigenvalue weighted by molar-refractivity contribution is -0.118. The van der Waals surface area contributed by atoms with Gasteiger partial charge in [0.1, 0.15) is 12.4 Å². The summed E-state index contributed by atoms with van der Waals surface area (Å²) in [5.74, 6) is -0.468. The molecule has 0 unspecified atom stereocenters. The first-order valence-electron chi connectivity index (χ1n) is 3.21. The number of hydrogen-bond acceptors (Lipinski definition) is 4. The molecule has 6 heteroatoms. The van der Waals surface area contributed by atoms with Crippen molar-refractivity contribution in [3.05, 3.63) is 22.7 Å². The largest absolute Gasteiger partial charge is 0.383 e. The van der Waals surface area contributed by atoms with Crippen molar-refractivity contribution in [2.45, 2.75) is 6.54 Å². The number of nitrogen functional groups attached to an aromatic ring is 1. The summed E-state index contributed by atoms with van der Waals surface area (Å²) < 4.78 is 1.08. The van der Waals surface area contributed by atoms with Crippen LogP contribution in [0.4, 0.5) is 5.82 Å². The molecule has 64 valence electrons. The highest BCUT2D eigenvalue weighted by atomic mass is 16.2. The van der Waals surface area contributed by atoms with Gasteiger partial charge in [-0.05, 0) is 6.07 Å². The third-order valence-electron chi connectivity index (χ3n) is 1.22. The second-order valence-electron chi connectivity index (χ2n) is 2.23. The van der Waals surface area contributed by atoms with Crippen LogP contribution in [0, 0.1) is 0 Å². The van der Waals surface area contributed by atoms with Gasteiger partial charge in [0.05, 0.1) is 0 Å². The van der Waals surface area contributed by atoms with E-state index in [1.807, 2.05) is 0 Å². The zero-order valence-electron chi connectivity index (χ0n) is 6.23. The number of aromatic nitrogens is 2. The Kier molecular flexibility index (Phi) is 2.09. The predicted molar refractivity (Wildman–Crippen MR) is 42.1 cm³/mol. The molecule has 1 amide bonds. The van der Waals surface area contributed by atoms with Gasteiger partial charge < -0.3 is 11.5 Å². The smallest absolute Gasteiger partial charge is 0.349 e. The highest BCUT2D eigenvalue weighted by Crippen LogP contribution is 1.88. The summed E-state index contributed by atoms with van der Waals surface area (Å²) in [6.07, 6.45) is 1.37. The van der Waals surface area contributed by atoms with Crippen molar-refractivity contribution < 1.29 is 4.79 Å². The highest BCUT2D eigenvalue weighted by Gasteiger charge is 1.99. The normalized spacial score (nSPS) is 9.67. The molecule has 0 aliphatic heterocycles. The number of hydrogen-bond donors (Lipinski definition) is 2. The Morgan fingerprint density at radius 2 is 2.33 bits per heavy atom. The Labute approximate surface area is 67.8 Å². The first kappa shape index (κ1) is 8.25. The second kappa shape index (κ2) is 3.04. The van der Waals surface area contributed by atoms with Gasteiger partial charge in [0.2, 0.25) is 5.91 Å². The quantitative estimate of drug-likeness (QED) is 0.549. The van der Waals surface area contributed by atoms with Crippen molar-refractivity contribution in [3.63, 3.8) is 0 Å². The van der Waals surface area contributed by atoms with Crippen LogP contribution in [-0.4, -0.2) is 15.5 Å². The van der Waals surface area contributed by atoms with Gasteiger partial charge in [-0.25, -0.2) is 4.79 Å². The van der Waals surface area contributed by atoms with Crippen LogP contribution in [0.25, 0.3) is 0 Å². The third kappa shape index (κ3) is 1.82. The molecule has 6 nitrogen and oxygen atoms in total. The van der Waals surface area contributed by atoms with Gasteiger partial charge in [-0.2, -0.15) is 4.98 Å². The van der Waals surface area contributed by atoms with Gasteiger partial charge in [-0.1, -0.05) is 0 Å². The van der Waals surface area contributed by atoms with Crippen LogP contribution < -0.4 is 17.2 Å². The summed E-state index contributed by atoms with van der Waals surface area (Å²) in [4.78, 5) is 24.8. The van der Waals surface area contributed by atoms with Crippen LogP contribution in [0.3, 0.4) is 0 Å². The fraction of sp³-hybridized carbons (Fsp3) is 0.167. The zero-order chi connectivity index (χ0) is 9.14. The number of amides is 1. The first-order chi connectivity index (χ1) is 5.59. The summed E-state index contributed by atoms with van der Waals surface area (Å²) in [6, 6.07) is 1.42. The van der Waals surface area contributed by atoms with E-state index in [0.717, 1.165) is 4.57 Å². The van der Waals surface area contributed by atoms with E-state index >= 15 is 0 Å². The lowest BCUT2D eigenvalue weighted by atomic mass is 10.5. The Hall–Kier alpha value is -1.85. The predicted octanol–water partition coefficient (Wildman–Crippen LogP) is -1.69. The average molecular weight is 168 g/mol. The number of nitrogens with two attached hydrogens (primary N) is 2. The Bertz CT molecular complexity index is 357. The number of nitrogens with zero attached hydrogens (tertiary/aromatic N) is 2. The van der Waals surface area contributed by atoms with Crippen LogP contribution in [0.2, 0.25) is 0 Å². The molecule has 0 radical (unpaired) electrons. The van der Waals surface area contributed by atoms with E-state index in [-0.39, 0.29) is 12.4 Å². The first-order valence-corrected chi connectivity index (χ1v) is 3.21. The Morgan fingerprint density at radius 1 is 1.67 bits per heavy atom. The molecule has 0 aliphatic carbocycles. The van der Waals surface area contributed by atoms with Gasteiger partial charge in [0.25, 0.3) is 0 Å². The minimum Gasteiger partial charge on any atom is -0.383 e. The van der Waals surface area contributed by atoms with E-state index < -0.39 is 11.6 Å². The summed E-state index contributed by atoms with van der Waals surface area (Å²) >= 11 is 0. The molecule has 1 aromatic rings. The molecule has 1 heterocycles. The van der Waals surface area contributed by atoms with Gasteiger partial charge in [-0.15, -0.1) is 0 Å². The maximum Gasteiger partial charge on any atom is 0.349 e. The zero-order valence-corrected chi connectivity index (χ0v) is 6.23. The molecule has 0 saturated carbocycles. The summed E-state index contributed by atoms with van der Waals surface area (Å²) in [5.41, 5.74) is 9.52. The third-order valence-corrected chi connectivity index (χ3v) is 1.22. The molecule has 0 atom stereocenters. The molecule has 0 fully saturated rings. The van der Waals surface area contributed by atoms with Crippen LogP contribution in [0.15, 0.2) is 17.1 Å². The van der Waals surface area contributed by atoms with E-state index in [1.165, 1.54) is 12.3 Å². The molecule has 0 spiro atoms. The topological polar surface area (TPSA) is 104 Å². The van der Waals surface area contributed by atoms with Crippen LogP contribution in [0.1, 0.15) is 0 Å². The fourth-order valence-electron chi connectivity index (χ4n) is 0.730. The molecule has 4 N–H and O–H groups in total. The molecule has 0 aliphatic rings. The van der Waals surface area contributed by atoms with Gasteiger partial charge in [0.15, 0.2) is 0 Å². The molecular weight excluding hydrogens is 160 g/mol. The number of carbonyl (C=O) groups excluding carboxylic acids is 1. The molecular formula is C6H8N4O2. The fourth-order valence-corrected chi connectivity index (χ4v) is 0.730. The molecule has 1 rings (SSSR count). The number of primary amides is 1. The van der Waals surface area contributed by atoms with E-state index in [1.54, 1.807) is 0 Å². The van der Waals surface area contributed by atoms with Crippen molar-refractivity contribution in [1.82, 2.24) is 9.55 Å². The van der Waals surface area contributed by atoms with E-state index in [4.69, 9.17) is 11.5 Å². The Balaban J connectivity index is 3.02. The number of rotatable bonds is 2. The number of carbonyl (C=O) groups is 1. The monoisotopic (exact) mass is 168 g/mol. The molecule has 0 saturated heterocycles. The lowest BCUT2D eigenvalue weighted by Gasteiger charge is -2.00. The average Bonchev–Trinajstić information content (AvgIpc) is 1.94. The minimum atomic E-state index is -0.594. The van der Waals surface area contributed by atoms with E-state index in [2.05, 4.69) is 4.98 Å². The van der Waals surface area contributed by atoms with Crippen molar-refractivity contribution in [2.24, 2.45) is 5.73 Å².